The molecule has 67 heavy (non-hydrogen) atoms. The fraction of sp³-hybridized carbons (Fsp3) is 0.435. The van der Waals surface area contributed by atoms with E-state index in [9.17, 15) is 46.2 Å². The summed E-state index contributed by atoms with van der Waals surface area (Å²) >= 11 is 0. The lowest BCUT2D eigenvalue weighted by atomic mass is 9.91. The van der Waals surface area contributed by atoms with Crippen molar-refractivity contribution in [3.63, 3.8) is 0 Å². The number of fused-ring (bicyclic) bond motifs is 1. The molecule has 358 valence electrons. The largest absolute Gasteiger partial charge is 0.491 e. The molecule has 1 saturated heterocycles. The molecule has 5 N–H and O–H groups in total. The van der Waals surface area contributed by atoms with Crippen LogP contribution in [0.3, 0.4) is 0 Å². The number of nitrogens with one attached hydrogen (secondary N) is 3. The average Bonchev–Trinajstić information content (AvgIpc) is 4.04. The smallest absolute Gasteiger partial charge is 0.419 e. The number of imidazole rings is 1. The number of rotatable bonds is 18. The molecule has 2 aromatic heterocycles. The highest BCUT2D eigenvalue weighted by molar-refractivity contribution is 7.87. The van der Waals surface area contributed by atoms with Crippen molar-refractivity contribution >= 4 is 50.9 Å². The fourth-order valence-corrected chi connectivity index (χ4v) is 10.6. The van der Waals surface area contributed by atoms with Gasteiger partial charge in [0.1, 0.15) is 18.0 Å². The van der Waals surface area contributed by atoms with Crippen molar-refractivity contribution in [3.05, 3.63) is 108 Å². The lowest BCUT2D eigenvalue weighted by Gasteiger charge is -2.34. The summed E-state index contributed by atoms with van der Waals surface area (Å²) in [6.07, 6.45) is -4.80. The van der Waals surface area contributed by atoms with E-state index in [1.165, 1.54) is 22.8 Å². The van der Waals surface area contributed by atoms with Crippen LogP contribution in [0.1, 0.15) is 86.3 Å². The maximum absolute atomic E-state index is 14.1. The van der Waals surface area contributed by atoms with Gasteiger partial charge < -0.3 is 35.1 Å². The highest BCUT2D eigenvalue weighted by Gasteiger charge is 2.45. The zero-order valence-electron chi connectivity index (χ0n) is 37.1. The standard InChI is InChI=1S/C46H54F3N9O8S/c1-4-22-58(67(64,65)55-43(62)31-19-13-14-20-36(31)66-44(63)46(47,48)49)34(5-2)30-21-23-56(26-30)45-53-41(50-25-32(28-15-9-7-10-16-28)29-17-11-8-12-18-29)38-42(54-45)57(27-51-38)35-24-33(39(60)40(35)61)52-37(59)6-3/h7-20,27,30,32-35,39-40,60-61H,4-6,21-26H2,1-3H3,(H,52,59)(H,55,62)(H,50,53,54)/t30-,33+,34?,35-,39-,40+/m1/s1. The van der Waals surface area contributed by atoms with Crippen molar-refractivity contribution < 1.29 is 50.9 Å². The number of halogens is 3. The van der Waals surface area contributed by atoms with Gasteiger partial charge in [-0.05, 0) is 54.9 Å². The minimum absolute atomic E-state index is 0.00267. The molecule has 6 atom stereocenters. The van der Waals surface area contributed by atoms with Crippen LogP contribution in [0.25, 0.3) is 11.2 Å². The third-order valence-electron chi connectivity index (χ3n) is 12.3. The lowest BCUT2D eigenvalue weighted by Crippen LogP contribution is -2.51. The van der Waals surface area contributed by atoms with Crippen LogP contribution < -0.4 is 25.0 Å². The number of hydrogen-bond donors (Lipinski definition) is 5. The van der Waals surface area contributed by atoms with Crippen LogP contribution in [0.15, 0.2) is 91.3 Å². The van der Waals surface area contributed by atoms with E-state index < -0.39 is 69.9 Å². The second kappa shape index (κ2) is 20.8. The van der Waals surface area contributed by atoms with Crippen molar-refractivity contribution in [2.24, 2.45) is 5.92 Å². The Morgan fingerprint density at radius 2 is 1.58 bits per heavy atom. The second-order valence-electron chi connectivity index (χ2n) is 16.7. The molecule has 1 saturated carbocycles. The fourth-order valence-electron chi connectivity index (χ4n) is 9.02. The van der Waals surface area contributed by atoms with Gasteiger partial charge in [-0.1, -0.05) is 93.6 Å². The van der Waals surface area contributed by atoms with Crippen molar-refractivity contribution in [1.82, 2.24) is 33.9 Å². The molecule has 1 aliphatic carbocycles. The molecule has 21 heteroatoms. The minimum Gasteiger partial charge on any atom is -0.419 e. The molecular weight excluding hydrogens is 896 g/mol. The maximum atomic E-state index is 14.1. The number of amides is 2. The van der Waals surface area contributed by atoms with Crippen LogP contribution >= 0.6 is 0 Å². The van der Waals surface area contributed by atoms with Crippen molar-refractivity contribution in [3.8, 4) is 5.75 Å². The molecule has 2 aliphatic rings. The second-order valence-corrected chi connectivity index (χ2v) is 18.3. The van der Waals surface area contributed by atoms with Crippen molar-refractivity contribution in [1.29, 1.82) is 0 Å². The molecular formula is C46H54F3N9O8S. The SMILES string of the molecule is CCCN(C(CC)[C@@H]1CCN(c2nc(NCC(c3ccccc3)c3ccccc3)c3ncn([C@@H]4C[C@H](NC(=O)CC)[C@@H](O)[C@H]4O)c3n2)C1)S(=O)(=O)NC(=O)c1ccccc1OC(=O)C(F)(F)F. The van der Waals surface area contributed by atoms with Gasteiger partial charge in [-0.3, -0.25) is 9.59 Å². The third-order valence-corrected chi connectivity index (χ3v) is 13.9. The Balaban J connectivity index is 1.19. The van der Waals surface area contributed by atoms with Gasteiger partial charge in [0.25, 0.3) is 5.91 Å². The van der Waals surface area contributed by atoms with E-state index >= 15 is 0 Å². The molecule has 1 unspecified atom stereocenters. The predicted molar refractivity (Wildman–Crippen MR) is 242 cm³/mol. The number of alkyl halides is 3. The molecule has 17 nitrogen and oxygen atoms in total. The van der Waals surface area contributed by atoms with Gasteiger partial charge in [0.05, 0.1) is 24.0 Å². The molecule has 0 radical (unpaired) electrons. The number of hydrogen-bond acceptors (Lipinski definition) is 13. The van der Waals surface area contributed by atoms with Crippen molar-refractivity contribution in [2.75, 3.05) is 36.4 Å². The molecule has 5 aromatic rings. The number of nitrogens with zero attached hydrogens (tertiary/aromatic N) is 6. The first-order chi connectivity index (χ1) is 32.0. The van der Waals surface area contributed by atoms with Gasteiger partial charge in [0, 0.05) is 44.6 Å². The summed E-state index contributed by atoms with van der Waals surface area (Å²) in [5.41, 5.74) is 2.29. The molecule has 7 rings (SSSR count). The van der Waals surface area contributed by atoms with Gasteiger partial charge in [0.2, 0.25) is 11.9 Å². The van der Waals surface area contributed by atoms with Gasteiger partial charge in [0.15, 0.2) is 17.0 Å². The summed E-state index contributed by atoms with van der Waals surface area (Å²) in [5, 5.41) is 28.7. The Bertz CT molecular complexity index is 2600. The van der Waals surface area contributed by atoms with Crippen LogP contribution in [0.4, 0.5) is 24.9 Å². The third kappa shape index (κ3) is 10.8. The number of carbonyl (C=O) groups excluding carboxylic acids is 3. The number of esters is 1. The predicted octanol–water partition coefficient (Wildman–Crippen LogP) is 5.09. The maximum Gasteiger partial charge on any atom is 0.491 e. The first kappa shape index (κ1) is 48.8. The summed E-state index contributed by atoms with van der Waals surface area (Å²) in [6.45, 7) is 6.35. The Hall–Kier alpha value is -6.16. The molecule has 1 aliphatic heterocycles. The van der Waals surface area contributed by atoms with E-state index in [4.69, 9.17) is 15.0 Å². The number of aromatic nitrogens is 4. The van der Waals surface area contributed by atoms with Crippen LogP contribution in [0, 0.1) is 5.92 Å². The summed E-state index contributed by atoms with van der Waals surface area (Å²) in [4.78, 5) is 54.0. The van der Waals surface area contributed by atoms with Crippen LogP contribution in [0.5, 0.6) is 5.75 Å². The number of aliphatic hydroxyl groups excluding tert-OH is 2. The minimum atomic E-state index is -5.36. The summed E-state index contributed by atoms with van der Waals surface area (Å²) < 4.78 is 76.6. The topological polar surface area (TPSA) is 221 Å². The Kier molecular flexibility index (Phi) is 15.1. The number of carbonyl (C=O) groups is 3. The molecule has 3 aromatic carbocycles. The summed E-state index contributed by atoms with van der Waals surface area (Å²) in [6, 6.07) is 22.4. The van der Waals surface area contributed by atoms with E-state index in [0.29, 0.717) is 49.3 Å². The number of anilines is 2. The number of aliphatic hydroxyl groups is 2. The van der Waals surface area contributed by atoms with Crippen LogP contribution in [-0.4, -0.2) is 117 Å². The Labute approximate surface area is 385 Å². The molecule has 2 amide bonds. The van der Waals surface area contributed by atoms with Crippen LogP contribution in [0.2, 0.25) is 0 Å². The van der Waals surface area contributed by atoms with Crippen molar-refractivity contribution in [2.45, 2.75) is 95.3 Å². The quantitative estimate of drug-likeness (QED) is 0.0572. The Morgan fingerprint density at radius 1 is 0.925 bits per heavy atom. The number of benzene rings is 3. The van der Waals surface area contributed by atoms with Gasteiger partial charge in [-0.25, -0.2) is 14.5 Å². The number of para-hydroxylation sites is 1. The summed E-state index contributed by atoms with van der Waals surface area (Å²) in [5.74, 6) is -4.62. The average molecular weight is 950 g/mol. The Morgan fingerprint density at radius 3 is 2.21 bits per heavy atom. The van der Waals surface area contributed by atoms with E-state index in [1.807, 2.05) is 77.2 Å². The highest BCUT2D eigenvalue weighted by atomic mass is 32.2. The first-order valence-electron chi connectivity index (χ1n) is 22.2. The van der Waals surface area contributed by atoms with E-state index in [-0.39, 0.29) is 49.6 Å². The number of ether oxygens (including phenoxy) is 1. The molecule has 3 heterocycles. The summed E-state index contributed by atoms with van der Waals surface area (Å²) in [7, 11) is -4.64. The van der Waals surface area contributed by atoms with Gasteiger partial charge in [-0.2, -0.15) is 35.9 Å². The van der Waals surface area contributed by atoms with Gasteiger partial charge >= 0.3 is 22.4 Å². The molecule has 2 fully saturated rings. The molecule has 0 spiro atoms. The van der Waals surface area contributed by atoms with E-state index in [2.05, 4.69) is 15.4 Å². The van der Waals surface area contributed by atoms with E-state index in [0.717, 1.165) is 23.3 Å². The normalized spacial score (nSPS) is 20.3. The molecule has 0 bridgehead atoms. The first-order valence-corrected chi connectivity index (χ1v) is 23.7. The monoisotopic (exact) mass is 949 g/mol. The van der Waals surface area contributed by atoms with Gasteiger partial charge in [-0.15, -0.1) is 0 Å². The highest BCUT2D eigenvalue weighted by Crippen LogP contribution is 2.37. The lowest BCUT2D eigenvalue weighted by molar-refractivity contribution is -0.189. The van der Waals surface area contributed by atoms with E-state index in [1.54, 1.807) is 18.4 Å². The zero-order valence-corrected chi connectivity index (χ0v) is 38.0. The van der Waals surface area contributed by atoms with Crippen LogP contribution in [-0.2, 0) is 19.8 Å². The zero-order chi connectivity index (χ0) is 48.0.